The Morgan fingerprint density at radius 1 is 1.31 bits per heavy atom. The van der Waals surface area contributed by atoms with Crippen LogP contribution in [0.1, 0.15) is 51.0 Å². The topological polar surface area (TPSA) is 79.2 Å². The molecular weight excluding hydrogens is 352 g/mol. The third-order valence-corrected chi connectivity index (χ3v) is 5.86. The van der Waals surface area contributed by atoms with E-state index in [2.05, 4.69) is 11.4 Å². The minimum atomic E-state index is -0.884. The maximum Gasteiger partial charge on any atom is 0.317 e. The summed E-state index contributed by atoms with van der Waals surface area (Å²) in [5.74, 6) is -0.626. The van der Waals surface area contributed by atoms with Gasteiger partial charge in [0.2, 0.25) is 0 Å². The number of carbonyl (C=O) groups is 2. The van der Waals surface area contributed by atoms with Crippen LogP contribution in [-0.2, 0) is 19.7 Å². The van der Waals surface area contributed by atoms with Crippen LogP contribution in [0, 0.1) is 17.2 Å². The summed E-state index contributed by atoms with van der Waals surface area (Å²) >= 11 is 5.96. The maximum atomic E-state index is 12.8. The number of hydrogen-bond acceptors (Lipinski definition) is 4. The second-order valence-corrected chi connectivity index (χ2v) is 7.95. The van der Waals surface area contributed by atoms with E-state index in [4.69, 9.17) is 16.3 Å². The van der Waals surface area contributed by atoms with Crippen molar-refractivity contribution in [3.05, 3.63) is 34.9 Å². The second kappa shape index (κ2) is 7.28. The van der Waals surface area contributed by atoms with Gasteiger partial charge in [0.15, 0.2) is 6.61 Å². The Balaban J connectivity index is 1.65. The number of hydrogen-bond donors (Lipinski definition) is 1. The minimum absolute atomic E-state index is 0.183. The fraction of sp³-hybridized carbons (Fsp3) is 0.550. The van der Waals surface area contributed by atoms with Crippen LogP contribution in [-0.4, -0.2) is 24.0 Å². The van der Waals surface area contributed by atoms with Crippen molar-refractivity contribution in [1.82, 2.24) is 5.32 Å². The summed E-state index contributed by atoms with van der Waals surface area (Å²) in [4.78, 5) is 25.0. The summed E-state index contributed by atoms with van der Waals surface area (Å²) in [5.41, 5.74) is -0.713. The number of ether oxygens (including phenoxy) is 1. The van der Waals surface area contributed by atoms with Crippen LogP contribution in [0.2, 0.25) is 5.02 Å². The largest absolute Gasteiger partial charge is 0.455 e. The molecule has 26 heavy (non-hydrogen) atoms. The van der Waals surface area contributed by atoms with Crippen molar-refractivity contribution < 1.29 is 14.3 Å². The Morgan fingerprint density at radius 3 is 2.46 bits per heavy atom. The van der Waals surface area contributed by atoms with Crippen LogP contribution in [0.5, 0.6) is 0 Å². The monoisotopic (exact) mass is 374 g/mol. The van der Waals surface area contributed by atoms with E-state index < -0.39 is 16.9 Å². The van der Waals surface area contributed by atoms with Gasteiger partial charge in [0.25, 0.3) is 5.91 Å². The summed E-state index contributed by atoms with van der Waals surface area (Å²) in [6.07, 6.45) is 5.16. The van der Waals surface area contributed by atoms with Crippen LogP contribution in [0.15, 0.2) is 24.3 Å². The SMILES string of the molecule is C[C@@](C#N)(NC(=O)COC(=O)C1(c2ccc(Cl)cc2)CCCC1)C1CC1. The fourth-order valence-electron chi connectivity index (χ4n) is 3.84. The molecule has 0 spiro atoms. The lowest BCUT2D eigenvalue weighted by Gasteiger charge is -2.28. The molecular formula is C20H23ClN2O3. The van der Waals surface area contributed by atoms with Gasteiger partial charge in [0.05, 0.1) is 11.5 Å². The second-order valence-electron chi connectivity index (χ2n) is 7.51. The first-order chi connectivity index (χ1) is 12.4. The molecule has 1 atom stereocenters. The van der Waals surface area contributed by atoms with Crippen LogP contribution in [0.25, 0.3) is 0 Å². The van der Waals surface area contributed by atoms with Crippen molar-refractivity contribution >= 4 is 23.5 Å². The molecule has 0 heterocycles. The van der Waals surface area contributed by atoms with Gasteiger partial charge in [-0.15, -0.1) is 0 Å². The number of amides is 1. The molecule has 1 aromatic rings. The predicted molar refractivity (Wildman–Crippen MR) is 97.4 cm³/mol. The number of nitriles is 1. The Bertz CT molecular complexity index is 730. The van der Waals surface area contributed by atoms with E-state index in [1.165, 1.54) is 0 Å². The molecule has 2 fully saturated rings. The summed E-state index contributed by atoms with van der Waals surface area (Å²) in [6, 6.07) is 9.42. The number of nitrogens with one attached hydrogen (secondary N) is 1. The molecule has 0 aromatic heterocycles. The molecule has 1 aromatic carbocycles. The summed E-state index contributed by atoms with van der Waals surface area (Å²) in [6.45, 7) is 1.36. The van der Waals surface area contributed by atoms with Crippen molar-refractivity contribution in [3.8, 4) is 6.07 Å². The number of benzene rings is 1. The van der Waals surface area contributed by atoms with Gasteiger partial charge in [0.1, 0.15) is 5.54 Å². The highest BCUT2D eigenvalue weighted by Crippen LogP contribution is 2.42. The van der Waals surface area contributed by atoms with Gasteiger partial charge < -0.3 is 10.1 Å². The third-order valence-electron chi connectivity index (χ3n) is 5.60. The lowest BCUT2D eigenvalue weighted by atomic mass is 9.79. The first-order valence-corrected chi connectivity index (χ1v) is 9.43. The Kier molecular flexibility index (Phi) is 5.24. The Labute approximate surface area is 158 Å². The van der Waals surface area contributed by atoms with E-state index >= 15 is 0 Å². The van der Waals surface area contributed by atoms with Gasteiger partial charge in [0, 0.05) is 5.02 Å². The highest BCUT2D eigenvalue weighted by atomic mass is 35.5. The molecule has 5 nitrogen and oxygen atoms in total. The number of carbonyl (C=O) groups excluding carboxylic acids is 2. The Morgan fingerprint density at radius 2 is 1.92 bits per heavy atom. The molecule has 6 heteroatoms. The van der Waals surface area contributed by atoms with E-state index in [9.17, 15) is 14.9 Å². The molecule has 0 saturated heterocycles. The van der Waals surface area contributed by atoms with E-state index in [1.807, 2.05) is 12.1 Å². The third kappa shape index (κ3) is 3.71. The highest BCUT2D eigenvalue weighted by Gasteiger charge is 2.45. The zero-order valence-corrected chi connectivity index (χ0v) is 15.6. The Hall–Kier alpha value is -2.06. The zero-order valence-electron chi connectivity index (χ0n) is 14.9. The molecule has 3 rings (SSSR count). The minimum Gasteiger partial charge on any atom is -0.455 e. The standard InChI is InChI=1S/C20H23ClN2O3/c1-19(13-22,14-4-5-14)23-17(24)12-26-18(25)20(10-2-3-11-20)15-6-8-16(21)9-7-15/h6-9,14H,2-5,10-12H2,1H3,(H,23,24)/t19-/m0/s1. The predicted octanol–water partition coefficient (Wildman–Crippen LogP) is 3.50. The average Bonchev–Trinajstić information content (AvgIpc) is 3.38. The summed E-state index contributed by atoms with van der Waals surface area (Å²) in [7, 11) is 0. The average molecular weight is 375 g/mol. The lowest BCUT2D eigenvalue weighted by Crippen LogP contribution is -2.48. The molecule has 2 aliphatic rings. The van der Waals surface area contributed by atoms with Crippen LogP contribution in [0.3, 0.4) is 0 Å². The van der Waals surface area contributed by atoms with Gasteiger partial charge >= 0.3 is 5.97 Å². The van der Waals surface area contributed by atoms with Gasteiger partial charge in [-0.25, -0.2) is 0 Å². The lowest BCUT2D eigenvalue weighted by molar-refractivity contribution is -0.154. The molecule has 1 N–H and O–H groups in total. The molecule has 0 unspecified atom stereocenters. The maximum absolute atomic E-state index is 12.8. The summed E-state index contributed by atoms with van der Waals surface area (Å²) < 4.78 is 5.37. The van der Waals surface area contributed by atoms with Crippen molar-refractivity contribution in [2.75, 3.05) is 6.61 Å². The molecule has 2 saturated carbocycles. The highest BCUT2D eigenvalue weighted by molar-refractivity contribution is 6.30. The molecule has 0 bridgehead atoms. The van der Waals surface area contributed by atoms with E-state index in [1.54, 1.807) is 19.1 Å². The van der Waals surface area contributed by atoms with Crippen molar-refractivity contribution in [2.24, 2.45) is 5.92 Å². The smallest absolute Gasteiger partial charge is 0.317 e. The van der Waals surface area contributed by atoms with Crippen molar-refractivity contribution in [1.29, 1.82) is 5.26 Å². The zero-order chi connectivity index (χ0) is 18.8. The number of rotatable bonds is 6. The number of nitrogens with zero attached hydrogens (tertiary/aromatic N) is 1. The summed E-state index contributed by atoms with van der Waals surface area (Å²) in [5, 5.41) is 12.7. The quantitative estimate of drug-likeness (QED) is 0.773. The molecule has 0 radical (unpaired) electrons. The van der Waals surface area contributed by atoms with Gasteiger partial charge in [-0.05, 0) is 56.2 Å². The molecule has 138 valence electrons. The van der Waals surface area contributed by atoms with Crippen LogP contribution >= 0.6 is 11.6 Å². The normalized spacial score (nSPS) is 20.7. The number of halogens is 1. The van der Waals surface area contributed by atoms with Crippen LogP contribution < -0.4 is 5.32 Å². The first kappa shape index (κ1) is 18.7. The molecule has 2 aliphatic carbocycles. The van der Waals surface area contributed by atoms with Crippen molar-refractivity contribution in [3.63, 3.8) is 0 Å². The first-order valence-electron chi connectivity index (χ1n) is 9.05. The van der Waals surface area contributed by atoms with Gasteiger partial charge in [-0.1, -0.05) is 36.6 Å². The van der Waals surface area contributed by atoms with E-state index in [0.29, 0.717) is 17.9 Å². The van der Waals surface area contributed by atoms with E-state index in [-0.39, 0.29) is 18.5 Å². The van der Waals surface area contributed by atoms with Gasteiger partial charge in [-0.2, -0.15) is 5.26 Å². The molecule has 1 amide bonds. The fourth-order valence-corrected chi connectivity index (χ4v) is 3.96. The molecule has 0 aliphatic heterocycles. The van der Waals surface area contributed by atoms with Crippen LogP contribution in [0.4, 0.5) is 0 Å². The van der Waals surface area contributed by atoms with E-state index in [0.717, 1.165) is 31.2 Å². The van der Waals surface area contributed by atoms with Gasteiger partial charge in [-0.3, -0.25) is 9.59 Å². The number of esters is 1. The van der Waals surface area contributed by atoms with Crippen molar-refractivity contribution in [2.45, 2.75) is 56.4 Å².